The molecular formula is C71H96FN9O11S. The van der Waals surface area contributed by atoms with Crippen LogP contribution in [0.15, 0.2) is 97.1 Å². The van der Waals surface area contributed by atoms with Crippen molar-refractivity contribution in [1.29, 1.82) is 0 Å². The molecule has 4 aromatic rings. The van der Waals surface area contributed by atoms with E-state index >= 15 is 18.8 Å². The molecule has 22 heteroatoms. The summed E-state index contributed by atoms with van der Waals surface area (Å²) in [6.45, 7) is 23.9. The monoisotopic (exact) mass is 1300 g/mol. The van der Waals surface area contributed by atoms with Crippen LogP contribution in [0.25, 0.3) is 0 Å². The van der Waals surface area contributed by atoms with Crippen molar-refractivity contribution < 1.29 is 57.0 Å². The van der Waals surface area contributed by atoms with Crippen LogP contribution in [0.3, 0.4) is 0 Å². The molecule has 0 radical (unpaired) electrons. The molecule has 4 N–H and O–H groups in total. The van der Waals surface area contributed by atoms with E-state index in [2.05, 4.69) is 21.3 Å². The molecule has 7 rings (SSSR count). The minimum Gasteiger partial charge on any atom is -0.444 e. The van der Waals surface area contributed by atoms with Crippen molar-refractivity contribution in [3.8, 4) is 0 Å². The Morgan fingerprint density at radius 1 is 0.645 bits per heavy atom. The van der Waals surface area contributed by atoms with E-state index in [1.807, 2.05) is 68.6 Å². The molecule has 1 saturated heterocycles. The highest BCUT2D eigenvalue weighted by Crippen LogP contribution is 2.36. The molecule has 0 spiro atoms. The van der Waals surface area contributed by atoms with Gasteiger partial charge in [-0.25, -0.2) is 14.0 Å². The number of carbonyl (C=O) groups is 9. The van der Waals surface area contributed by atoms with Crippen LogP contribution in [-0.2, 0) is 64.2 Å². The zero-order chi connectivity index (χ0) is 68.8. The largest absolute Gasteiger partial charge is 0.444 e. The van der Waals surface area contributed by atoms with E-state index in [-0.39, 0.29) is 49.6 Å². The van der Waals surface area contributed by atoms with Crippen LogP contribution in [0.1, 0.15) is 172 Å². The van der Waals surface area contributed by atoms with E-state index in [4.69, 9.17) is 9.47 Å². The number of likely N-dealkylation sites (N-methyl/N-ethyl adjacent to an activating group) is 2. The predicted molar refractivity (Wildman–Crippen MR) is 356 cm³/mol. The molecule has 3 aliphatic rings. The molecule has 6 unspecified atom stereocenters. The van der Waals surface area contributed by atoms with Crippen molar-refractivity contribution in [2.24, 2.45) is 5.41 Å². The lowest BCUT2D eigenvalue weighted by molar-refractivity contribution is -0.151. The average Bonchev–Trinajstić information content (AvgIpc) is 1.44. The third-order valence-electron chi connectivity index (χ3n) is 17.8. The second kappa shape index (κ2) is 29.5. The van der Waals surface area contributed by atoms with Gasteiger partial charge < -0.3 is 45.4 Å². The van der Waals surface area contributed by atoms with Gasteiger partial charge in [0.25, 0.3) is 5.91 Å². The van der Waals surface area contributed by atoms with Crippen LogP contribution < -0.4 is 21.3 Å². The number of hydrogen-bond acceptors (Lipinski definition) is 12. The number of halogens is 1. The number of benzene rings is 4. The highest BCUT2D eigenvalue weighted by molar-refractivity contribution is 8.00. The van der Waals surface area contributed by atoms with Gasteiger partial charge in [-0.15, -0.1) is 0 Å². The Kier molecular flexibility index (Phi) is 23.0. The Bertz CT molecular complexity index is 3420. The average molecular weight is 1300 g/mol. The van der Waals surface area contributed by atoms with E-state index in [1.54, 1.807) is 112 Å². The lowest BCUT2D eigenvalue weighted by atomic mass is 9.85. The van der Waals surface area contributed by atoms with Crippen LogP contribution in [0.5, 0.6) is 0 Å². The molecule has 0 bridgehead atoms. The zero-order valence-electron chi connectivity index (χ0n) is 57.1. The summed E-state index contributed by atoms with van der Waals surface area (Å²) < 4.78 is 26.1. The third-order valence-corrected chi connectivity index (χ3v) is 19.1. The molecule has 9 atom stereocenters. The second-order valence-electron chi connectivity index (χ2n) is 28.5. The molecule has 1 fully saturated rings. The van der Waals surface area contributed by atoms with E-state index in [0.29, 0.717) is 12.0 Å². The Balaban J connectivity index is 1.16. The molecule has 1 aliphatic carbocycles. The number of fused-ring (bicyclic) bond motifs is 2. The fourth-order valence-corrected chi connectivity index (χ4v) is 12.3. The van der Waals surface area contributed by atoms with Gasteiger partial charge in [0.15, 0.2) is 0 Å². The minimum atomic E-state index is -1.20. The number of ether oxygens (including phenoxy) is 2. The van der Waals surface area contributed by atoms with E-state index < -0.39 is 129 Å². The van der Waals surface area contributed by atoms with Crippen LogP contribution in [0, 0.1) is 11.2 Å². The molecule has 93 heavy (non-hydrogen) atoms. The van der Waals surface area contributed by atoms with Gasteiger partial charge in [-0.2, -0.15) is 11.8 Å². The zero-order valence-corrected chi connectivity index (χ0v) is 57.9. The topological polar surface area (TPSA) is 236 Å². The fraction of sp³-hybridized carbons (Fsp3) is 0.535. The maximum Gasteiger partial charge on any atom is 0.410 e. The van der Waals surface area contributed by atoms with Crippen molar-refractivity contribution in [2.75, 3.05) is 26.9 Å². The number of nitrogens with one attached hydrogen (secondary N) is 4. The minimum absolute atomic E-state index is 0.0108. The first-order chi connectivity index (χ1) is 43.4. The molecule has 504 valence electrons. The van der Waals surface area contributed by atoms with Gasteiger partial charge in [0.05, 0.1) is 12.1 Å². The summed E-state index contributed by atoms with van der Waals surface area (Å²) in [6.07, 6.45) is 2.89. The Hall–Kier alpha value is -8.01. The Morgan fingerprint density at radius 3 is 1.73 bits per heavy atom. The second-order valence-corrected chi connectivity index (χ2v) is 29.9. The Labute approximate surface area is 552 Å². The van der Waals surface area contributed by atoms with Gasteiger partial charge >= 0.3 is 12.2 Å². The van der Waals surface area contributed by atoms with Gasteiger partial charge in [0, 0.05) is 62.1 Å². The van der Waals surface area contributed by atoms with Gasteiger partial charge in [-0.3, -0.25) is 43.4 Å². The standard InChI is InChI=1S/C71H96FN9O11S/c1-42(51-29-22-23-31-53(51)72)79(63(86)56-37-48-26-18-19-27-49(48)40-80(56)65(88)58(71(13,14)93-17)76-60(83)44(3)78(16)67(90)92-70(10,11)12)39-45-33-35-47(36-34-45)61(84)73-50-38-55(62(85)74-54-32-24-28-46-25-20-21-30-52(46)54)81(41-50)64(87)57(68(4,5)6)75-59(82)43(2)77(15)66(89)91-69(7,8)9/h18-23,25-27,29-31,33-36,42-44,50,54-58H,24,28,32,37-41H2,1-17H3,(H,73,84)(H,74,85)(H,75,82)(H,76,83)/t42-,43+,44+,50?,54?,55?,56?,57?,58?/m1/s1. The number of aryl methyl sites for hydroxylation is 1. The van der Waals surface area contributed by atoms with Gasteiger partial charge in [0.1, 0.15) is 53.3 Å². The summed E-state index contributed by atoms with van der Waals surface area (Å²) in [5, 5.41) is 12.1. The maximum atomic E-state index is 16.0. The van der Waals surface area contributed by atoms with Crippen molar-refractivity contribution in [2.45, 2.75) is 212 Å². The van der Waals surface area contributed by atoms with Crippen LogP contribution in [0.4, 0.5) is 14.0 Å². The van der Waals surface area contributed by atoms with Crippen molar-refractivity contribution in [1.82, 2.24) is 45.8 Å². The summed E-state index contributed by atoms with van der Waals surface area (Å²) in [7, 11) is 2.88. The van der Waals surface area contributed by atoms with Crippen LogP contribution >= 0.6 is 11.8 Å². The number of amides is 9. The third kappa shape index (κ3) is 17.8. The van der Waals surface area contributed by atoms with E-state index in [9.17, 15) is 28.8 Å². The predicted octanol–water partition coefficient (Wildman–Crippen LogP) is 9.43. The van der Waals surface area contributed by atoms with Crippen molar-refractivity contribution >= 4 is 65.3 Å². The number of likely N-dealkylation sites (tertiary alicyclic amines) is 1. The smallest absolute Gasteiger partial charge is 0.410 e. The highest BCUT2D eigenvalue weighted by Gasteiger charge is 2.49. The summed E-state index contributed by atoms with van der Waals surface area (Å²) in [4.78, 5) is 137. The first-order valence-corrected chi connectivity index (χ1v) is 33.2. The van der Waals surface area contributed by atoms with Gasteiger partial charge in [-0.05, 0) is 160 Å². The normalized spacial score (nSPS) is 19.0. The molecule has 0 aromatic heterocycles. The number of nitrogens with zero attached hydrogens (tertiary/aromatic N) is 5. The highest BCUT2D eigenvalue weighted by atomic mass is 32.2. The van der Waals surface area contributed by atoms with Crippen molar-refractivity contribution in [3.05, 3.63) is 142 Å². The molecular weight excluding hydrogens is 1210 g/mol. The Morgan fingerprint density at radius 2 is 1.17 bits per heavy atom. The van der Waals surface area contributed by atoms with Crippen LogP contribution in [-0.4, -0.2) is 163 Å². The van der Waals surface area contributed by atoms with E-state index in [0.717, 1.165) is 44.9 Å². The fourth-order valence-electron chi connectivity index (χ4n) is 11.9. The number of carbonyl (C=O) groups excluding carboxylic acids is 9. The molecule has 0 saturated carbocycles. The summed E-state index contributed by atoms with van der Waals surface area (Å²) >= 11 is 1.35. The molecule has 2 aliphatic heterocycles. The van der Waals surface area contributed by atoms with Gasteiger partial charge in [0.2, 0.25) is 35.4 Å². The quantitative estimate of drug-likeness (QED) is 0.0687. The molecule has 4 aromatic carbocycles. The lowest BCUT2D eigenvalue weighted by Gasteiger charge is -2.44. The summed E-state index contributed by atoms with van der Waals surface area (Å²) in [5.41, 5.74) is 2.21. The molecule has 2 heterocycles. The first kappa shape index (κ1) is 72.4. The SMILES string of the molecule is CSC(C)(C)C(NC(=O)[C@H](C)N(C)C(=O)OC(C)(C)C)C(=O)N1Cc2ccccc2CC1C(=O)N(Cc1ccc(C(=O)NC2CC(C(=O)NC3CCCc4ccccc43)N(C(=O)C(NC(=O)[C@H](C)N(C)C(=O)OC(C)(C)C)C(C)(C)C)C2)cc1)[C@H](C)c1ccccc1F. The maximum absolute atomic E-state index is 16.0. The number of thioether (sulfide) groups is 1. The molecule has 20 nitrogen and oxygen atoms in total. The first-order valence-electron chi connectivity index (χ1n) is 32.0. The van der Waals surface area contributed by atoms with Crippen LogP contribution in [0.2, 0.25) is 0 Å². The van der Waals surface area contributed by atoms with E-state index in [1.165, 1.54) is 60.5 Å². The lowest BCUT2D eigenvalue weighted by Crippen LogP contribution is -2.63. The molecule has 9 amide bonds. The summed E-state index contributed by atoms with van der Waals surface area (Å²) in [5.74, 6) is -4.29. The number of hydrogen-bond donors (Lipinski definition) is 4. The van der Waals surface area contributed by atoms with Gasteiger partial charge in [-0.1, -0.05) is 99.6 Å². The number of rotatable bonds is 19. The van der Waals surface area contributed by atoms with Crippen molar-refractivity contribution in [3.63, 3.8) is 0 Å². The summed E-state index contributed by atoms with van der Waals surface area (Å²) in [6, 6.07) is 19.5.